The highest BCUT2D eigenvalue weighted by molar-refractivity contribution is 5.78. The number of aliphatic carboxylic acids is 1. The van der Waals surface area contributed by atoms with E-state index in [1.54, 1.807) is 0 Å². The van der Waals surface area contributed by atoms with Gasteiger partial charge in [-0.25, -0.2) is 0 Å². The van der Waals surface area contributed by atoms with Crippen LogP contribution in [-0.4, -0.2) is 54.1 Å². The quantitative estimate of drug-likeness (QED) is 0.562. The van der Waals surface area contributed by atoms with Crippen LogP contribution in [0.2, 0.25) is 0 Å². The second-order valence-corrected chi connectivity index (χ2v) is 5.51. The van der Waals surface area contributed by atoms with Crippen molar-refractivity contribution in [2.45, 2.75) is 45.1 Å². The fourth-order valence-electron chi connectivity index (χ4n) is 2.71. The molecule has 0 aliphatic carbocycles. The zero-order valence-corrected chi connectivity index (χ0v) is 12.3. The van der Waals surface area contributed by atoms with Crippen molar-refractivity contribution in [2.24, 2.45) is 11.7 Å². The summed E-state index contributed by atoms with van der Waals surface area (Å²) < 4.78 is 0. The normalized spacial score (nSPS) is 23.5. The first-order valence-corrected chi connectivity index (χ1v) is 7.49. The molecule has 1 rings (SSSR count). The minimum absolute atomic E-state index is 0.0382. The van der Waals surface area contributed by atoms with E-state index in [9.17, 15) is 9.59 Å². The maximum absolute atomic E-state index is 11.8. The van der Waals surface area contributed by atoms with Crippen LogP contribution in [0.3, 0.4) is 0 Å². The van der Waals surface area contributed by atoms with Crippen LogP contribution >= 0.6 is 0 Å². The van der Waals surface area contributed by atoms with Crippen LogP contribution < -0.4 is 11.1 Å². The van der Waals surface area contributed by atoms with Gasteiger partial charge in [-0.2, -0.15) is 0 Å². The van der Waals surface area contributed by atoms with Crippen LogP contribution in [-0.2, 0) is 9.59 Å². The molecule has 0 bridgehead atoms. The van der Waals surface area contributed by atoms with Gasteiger partial charge >= 0.3 is 5.97 Å². The zero-order chi connectivity index (χ0) is 15.0. The van der Waals surface area contributed by atoms with Crippen LogP contribution in [0, 0.1) is 5.92 Å². The number of rotatable bonds is 8. The minimum Gasteiger partial charge on any atom is -0.481 e. The topological polar surface area (TPSA) is 95.7 Å². The summed E-state index contributed by atoms with van der Waals surface area (Å²) in [7, 11) is 0. The molecule has 20 heavy (non-hydrogen) atoms. The first-order valence-electron chi connectivity index (χ1n) is 7.49. The molecule has 0 aromatic carbocycles. The highest BCUT2D eigenvalue weighted by atomic mass is 16.4. The Kier molecular flexibility index (Phi) is 7.54. The lowest BCUT2D eigenvalue weighted by Gasteiger charge is -2.38. The molecule has 0 spiro atoms. The molecule has 1 fully saturated rings. The highest BCUT2D eigenvalue weighted by Crippen LogP contribution is 2.24. The van der Waals surface area contributed by atoms with Crippen molar-refractivity contribution >= 4 is 11.9 Å². The average molecular weight is 285 g/mol. The van der Waals surface area contributed by atoms with E-state index in [1.165, 1.54) is 6.42 Å². The van der Waals surface area contributed by atoms with Crippen molar-refractivity contribution in [3.63, 3.8) is 0 Å². The summed E-state index contributed by atoms with van der Waals surface area (Å²) in [5.74, 6) is -0.147. The van der Waals surface area contributed by atoms with Gasteiger partial charge in [-0.05, 0) is 31.7 Å². The average Bonchev–Trinajstić information content (AvgIpc) is 2.43. The van der Waals surface area contributed by atoms with E-state index in [0.29, 0.717) is 32.1 Å². The predicted molar refractivity (Wildman–Crippen MR) is 77.3 cm³/mol. The monoisotopic (exact) mass is 285 g/mol. The van der Waals surface area contributed by atoms with E-state index in [0.717, 1.165) is 25.3 Å². The second kappa shape index (κ2) is 8.92. The van der Waals surface area contributed by atoms with Gasteiger partial charge in [0.05, 0.1) is 6.54 Å². The molecule has 1 amide bonds. The summed E-state index contributed by atoms with van der Waals surface area (Å²) in [5.41, 5.74) is 5.80. The number of nitrogens with one attached hydrogen (secondary N) is 1. The van der Waals surface area contributed by atoms with Gasteiger partial charge in [-0.1, -0.05) is 13.3 Å². The fourth-order valence-corrected chi connectivity index (χ4v) is 2.71. The molecular formula is C14H27N3O3. The first kappa shape index (κ1) is 16.9. The first-order chi connectivity index (χ1) is 9.56. The van der Waals surface area contributed by atoms with E-state index < -0.39 is 5.97 Å². The Morgan fingerprint density at radius 2 is 2.20 bits per heavy atom. The molecule has 0 aromatic rings. The summed E-state index contributed by atoms with van der Waals surface area (Å²) in [6.07, 6.45) is 3.93. The van der Waals surface area contributed by atoms with Crippen LogP contribution in [0.5, 0.6) is 0 Å². The molecule has 2 unspecified atom stereocenters. The molecule has 4 N–H and O–H groups in total. The molecular weight excluding hydrogens is 258 g/mol. The van der Waals surface area contributed by atoms with Crippen LogP contribution in [0.4, 0.5) is 0 Å². The van der Waals surface area contributed by atoms with Gasteiger partial charge in [0.2, 0.25) is 5.91 Å². The molecule has 6 nitrogen and oxygen atoms in total. The molecule has 0 aromatic heterocycles. The molecule has 1 saturated heterocycles. The number of likely N-dealkylation sites (tertiary alicyclic amines) is 1. The Balaban J connectivity index is 2.28. The lowest BCUT2D eigenvalue weighted by atomic mass is 9.89. The van der Waals surface area contributed by atoms with Crippen LogP contribution in [0.1, 0.15) is 39.0 Å². The number of carbonyl (C=O) groups is 2. The molecule has 1 heterocycles. The molecule has 1 aliphatic heterocycles. The maximum atomic E-state index is 11.8. The number of nitrogens with two attached hydrogens (primary N) is 1. The smallest absolute Gasteiger partial charge is 0.303 e. The third-order valence-electron chi connectivity index (χ3n) is 4.03. The minimum atomic E-state index is -0.830. The van der Waals surface area contributed by atoms with Gasteiger partial charge in [-0.15, -0.1) is 0 Å². The number of carboxylic acids is 1. The second-order valence-electron chi connectivity index (χ2n) is 5.51. The lowest BCUT2D eigenvalue weighted by Crippen LogP contribution is -2.50. The molecule has 1 aliphatic rings. The Hall–Kier alpha value is -1.14. The van der Waals surface area contributed by atoms with Crippen LogP contribution in [0.25, 0.3) is 0 Å². The Morgan fingerprint density at radius 3 is 2.80 bits per heavy atom. The molecule has 116 valence electrons. The number of hydrogen-bond acceptors (Lipinski definition) is 4. The predicted octanol–water partition coefficient (Wildman–Crippen LogP) is 0.417. The summed E-state index contributed by atoms with van der Waals surface area (Å²) in [6.45, 7) is 4.49. The van der Waals surface area contributed by atoms with Crippen molar-refractivity contribution < 1.29 is 14.7 Å². The number of carbonyl (C=O) groups excluding carboxylic acids is 1. The zero-order valence-electron chi connectivity index (χ0n) is 12.3. The van der Waals surface area contributed by atoms with E-state index in [-0.39, 0.29) is 12.3 Å². The summed E-state index contributed by atoms with van der Waals surface area (Å²) in [5, 5.41) is 11.3. The SMILES string of the molecule is CCC1CCN(CC(=O)NCCCC(=O)O)C(CN)C1. The highest BCUT2D eigenvalue weighted by Gasteiger charge is 2.27. The standard InChI is InChI=1S/C14H27N3O3/c1-2-11-5-7-17(12(8-11)9-15)10-13(18)16-6-3-4-14(19)20/h11-12H,2-10,15H2,1H3,(H,16,18)(H,19,20). The van der Waals surface area contributed by atoms with Gasteiger partial charge in [-0.3, -0.25) is 14.5 Å². The molecule has 0 radical (unpaired) electrons. The number of amides is 1. The van der Waals surface area contributed by atoms with E-state index in [2.05, 4.69) is 17.1 Å². The molecule has 0 saturated carbocycles. The van der Waals surface area contributed by atoms with Gasteiger partial charge < -0.3 is 16.2 Å². The van der Waals surface area contributed by atoms with E-state index >= 15 is 0 Å². The summed E-state index contributed by atoms with van der Waals surface area (Å²) >= 11 is 0. The van der Waals surface area contributed by atoms with E-state index in [4.69, 9.17) is 10.8 Å². The van der Waals surface area contributed by atoms with Gasteiger partial charge in [0, 0.05) is 25.6 Å². The largest absolute Gasteiger partial charge is 0.481 e. The number of nitrogens with zero attached hydrogens (tertiary/aromatic N) is 1. The molecule has 2 atom stereocenters. The third kappa shape index (κ3) is 5.88. The number of hydrogen-bond donors (Lipinski definition) is 3. The maximum Gasteiger partial charge on any atom is 0.303 e. The Labute approximate surface area is 120 Å². The summed E-state index contributed by atoms with van der Waals surface area (Å²) in [4.78, 5) is 24.3. The van der Waals surface area contributed by atoms with Crippen molar-refractivity contribution in [3.05, 3.63) is 0 Å². The third-order valence-corrected chi connectivity index (χ3v) is 4.03. The Bertz CT molecular complexity index is 323. The number of piperidine rings is 1. The number of carboxylic acid groups (broad SMARTS) is 1. The Morgan fingerprint density at radius 1 is 1.45 bits per heavy atom. The molecule has 6 heteroatoms. The lowest BCUT2D eigenvalue weighted by molar-refractivity contribution is -0.137. The van der Waals surface area contributed by atoms with Gasteiger partial charge in [0.15, 0.2) is 0 Å². The van der Waals surface area contributed by atoms with Crippen molar-refractivity contribution in [2.75, 3.05) is 26.2 Å². The van der Waals surface area contributed by atoms with Crippen molar-refractivity contribution in [3.8, 4) is 0 Å². The van der Waals surface area contributed by atoms with Crippen LogP contribution in [0.15, 0.2) is 0 Å². The van der Waals surface area contributed by atoms with Gasteiger partial charge in [0.1, 0.15) is 0 Å². The fraction of sp³-hybridized carbons (Fsp3) is 0.857. The van der Waals surface area contributed by atoms with Gasteiger partial charge in [0.25, 0.3) is 0 Å². The van der Waals surface area contributed by atoms with Crippen molar-refractivity contribution in [1.82, 2.24) is 10.2 Å². The van der Waals surface area contributed by atoms with E-state index in [1.807, 2.05) is 0 Å². The summed E-state index contributed by atoms with van der Waals surface area (Å²) in [6, 6.07) is 0.290. The van der Waals surface area contributed by atoms with Crippen molar-refractivity contribution in [1.29, 1.82) is 0 Å².